The molecule has 0 aromatic carbocycles. The zero-order valence-electron chi connectivity index (χ0n) is 11.9. The van der Waals surface area contributed by atoms with Gasteiger partial charge in [-0.15, -0.1) is 0 Å². The van der Waals surface area contributed by atoms with Gasteiger partial charge in [-0.3, -0.25) is 14.9 Å². The maximum atomic E-state index is 12.5. The SMILES string of the molecule is CCCC1(C(=O)O)CCCN1C(=O)N1CC(=O)NC(=O)C1. The average molecular weight is 297 g/mol. The molecule has 2 saturated heterocycles. The van der Waals surface area contributed by atoms with Gasteiger partial charge in [-0.1, -0.05) is 13.3 Å². The number of piperazine rings is 1. The fraction of sp³-hybridized carbons (Fsp3) is 0.692. The van der Waals surface area contributed by atoms with E-state index in [0.29, 0.717) is 32.2 Å². The van der Waals surface area contributed by atoms with Crippen LogP contribution in [-0.2, 0) is 14.4 Å². The number of carboxylic acid groups (broad SMARTS) is 1. The Morgan fingerprint density at radius 2 is 1.90 bits per heavy atom. The summed E-state index contributed by atoms with van der Waals surface area (Å²) in [5, 5.41) is 11.7. The Morgan fingerprint density at radius 3 is 2.43 bits per heavy atom. The monoisotopic (exact) mass is 297 g/mol. The summed E-state index contributed by atoms with van der Waals surface area (Å²) in [5.74, 6) is -2.12. The number of urea groups is 1. The number of imide groups is 1. The van der Waals surface area contributed by atoms with Crippen molar-refractivity contribution in [3.8, 4) is 0 Å². The van der Waals surface area contributed by atoms with E-state index in [-0.39, 0.29) is 13.1 Å². The van der Waals surface area contributed by atoms with E-state index in [9.17, 15) is 24.3 Å². The van der Waals surface area contributed by atoms with Gasteiger partial charge in [0.05, 0.1) is 0 Å². The molecular weight excluding hydrogens is 278 g/mol. The lowest BCUT2D eigenvalue weighted by Gasteiger charge is -2.38. The minimum atomic E-state index is -1.22. The predicted octanol–water partition coefficient (Wildman–Crippen LogP) is -0.216. The molecule has 2 heterocycles. The van der Waals surface area contributed by atoms with Gasteiger partial charge in [0.15, 0.2) is 0 Å². The third kappa shape index (κ3) is 2.70. The normalized spacial score (nSPS) is 26.0. The highest BCUT2D eigenvalue weighted by Crippen LogP contribution is 2.35. The van der Waals surface area contributed by atoms with Crippen molar-refractivity contribution in [2.24, 2.45) is 0 Å². The van der Waals surface area contributed by atoms with Gasteiger partial charge in [0.1, 0.15) is 18.6 Å². The van der Waals surface area contributed by atoms with Crippen LogP contribution in [0.4, 0.5) is 4.79 Å². The van der Waals surface area contributed by atoms with Crippen molar-refractivity contribution in [1.29, 1.82) is 0 Å². The molecule has 8 heteroatoms. The van der Waals surface area contributed by atoms with E-state index < -0.39 is 29.4 Å². The number of carboxylic acids is 1. The van der Waals surface area contributed by atoms with Crippen molar-refractivity contribution in [3.05, 3.63) is 0 Å². The van der Waals surface area contributed by atoms with Crippen LogP contribution in [0.25, 0.3) is 0 Å². The second kappa shape index (κ2) is 5.71. The standard InChI is InChI=1S/C13H19N3O5/c1-2-4-13(11(19)20)5-3-6-16(13)12(21)15-7-9(17)14-10(18)8-15/h2-8H2,1H3,(H,19,20)(H,14,17,18). The molecule has 116 valence electrons. The molecule has 8 nitrogen and oxygen atoms in total. The number of carbonyl (C=O) groups is 4. The molecule has 0 aromatic rings. The minimum Gasteiger partial charge on any atom is -0.479 e. The molecule has 0 aromatic heterocycles. The van der Waals surface area contributed by atoms with Crippen LogP contribution >= 0.6 is 0 Å². The van der Waals surface area contributed by atoms with Crippen LogP contribution in [0.2, 0.25) is 0 Å². The van der Waals surface area contributed by atoms with Crippen molar-refractivity contribution in [2.75, 3.05) is 19.6 Å². The van der Waals surface area contributed by atoms with E-state index in [0.717, 1.165) is 4.90 Å². The number of hydrogen-bond donors (Lipinski definition) is 2. The zero-order chi connectivity index (χ0) is 15.6. The molecule has 2 aliphatic heterocycles. The smallest absolute Gasteiger partial charge is 0.329 e. The number of likely N-dealkylation sites (tertiary alicyclic amines) is 1. The zero-order valence-corrected chi connectivity index (χ0v) is 11.9. The largest absolute Gasteiger partial charge is 0.479 e. The molecular formula is C13H19N3O5. The quantitative estimate of drug-likeness (QED) is 0.701. The number of rotatable bonds is 3. The highest BCUT2D eigenvalue weighted by molar-refractivity contribution is 6.02. The first-order chi connectivity index (χ1) is 9.90. The molecule has 21 heavy (non-hydrogen) atoms. The van der Waals surface area contributed by atoms with Crippen LogP contribution in [0.15, 0.2) is 0 Å². The molecule has 0 bridgehead atoms. The van der Waals surface area contributed by atoms with Gasteiger partial charge >= 0.3 is 12.0 Å². The van der Waals surface area contributed by atoms with E-state index in [2.05, 4.69) is 5.32 Å². The molecule has 4 amide bonds. The van der Waals surface area contributed by atoms with E-state index in [1.54, 1.807) is 0 Å². The predicted molar refractivity (Wildman–Crippen MR) is 71.3 cm³/mol. The third-order valence-corrected chi connectivity index (χ3v) is 4.00. The molecule has 1 atom stereocenters. The minimum absolute atomic E-state index is 0.219. The van der Waals surface area contributed by atoms with Crippen molar-refractivity contribution >= 4 is 23.8 Å². The van der Waals surface area contributed by atoms with Gasteiger partial charge in [-0.25, -0.2) is 9.59 Å². The summed E-state index contributed by atoms with van der Waals surface area (Å²) in [7, 11) is 0. The Bertz CT molecular complexity index is 476. The number of nitrogens with one attached hydrogen (secondary N) is 1. The van der Waals surface area contributed by atoms with Crippen molar-refractivity contribution in [3.63, 3.8) is 0 Å². The summed E-state index contributed by atoms with van der Waals surface area (Å²) < 4.78 is 0. The van der Waals surface area contributed by atoms with Gasteiger partial charge < -0.3 is 14.9 Å². The van der Waals surface area contributed by atoms with Crippen LogP contribution in [0, 0.1) is 0 Å². The first kappa shape index (κ1) is 15.3. The van der Waals surface area contributed by atoms with Gasteiger partial charge in [0.25, 0.3) is 0 Å². The van der Waals surface area contributed by atoms with Crippen LogP contribution in [-0.4, -0.2) is 63.9 Å². The summed E-state index contributed by atoms with van der Waals surface area (Å²) in [6.07, 6.45) is 2.00. The van der Waals surface area contributed by atoms with Gasteiger partial charge in [-0.2, -0.15) is 0 Å². The second-order valence-electron chi connectivity index (χ2n) is 5.45. The number of hydrogen-bond acceptors (Lipinski definition) is 4. The molecule has 0 saturated carbocycles. The van der Waals surface area contributed by atoms with Crippen LogP contribution in [0.5, 0.6) is 0 Å². The Hall–Kier alpha value is -2.12. The summed E-state index contributed by atoms with van der Waals surface area (Å²) in [4.78, 5) is 49.4. The van der Waals surface area contributed by atoms with Crippen molar-refractivity contribution in [1.82, 2.24) is 15.1 Å². The lowest BCUT2D eigenvalue weighted by molar-refractivity contribution is -0.148. The van der Waals surface area contributed by atoms with E-state index >= 15 is 0 Å². The van der Waals surface area contributed by atoms with E-state index in [1.165, 1.54) is 4.90 Å². The number of amides is 4. The Balaban J connectivity index is 2.22. The van der Waals surface area contributed by atoms with E-state index in [4.69, 9.17) is 0 Å². The molecule has 0 radical (unpaired) electrons. The van der Waals surface area contributed by atoms with E-state index in [1.807, 2.05) is 6.92 Å². The van der Waals surface area contributed by atoms with Gasteiger partial charge in [-0.05, 0) is 19.3 Å². The highest BCUT2D eigenvalue weighted by atomic mass is 16.4. The maximum absolute atomic E-state index is 12.5. The summed E-state index contributed by atoms with van der Waals surface area (Å²) in [5.41, 5.74) is -1.22. The summed E-state index contributed by atoms with van der Waals surface area (Å²) in [6, 6.07) is -0.549. The van der Waals surface area contributed by atoms with Crippen LogP contribution < -0.4 is 5.32 Å². The topological polar surface area (TPSA) is 107 Å². The molecule has 2 fully saturated rings. The van der Waals surface area contributed by atoms with Crippen LogP contribution in [0.3, 0.4) is 0 Å². The molecule has 2 aliphatic rings. The molecule has 2 rings (SSSR count). The highest BCUT2D eigenvalue weighted by Gasteiger charge is 2.50. The number of aliphatic carboxylic acids is 1. The molecule has 1 unspecified atom stereocenters. The average Bonchev–Trinajstić information content (AvgIpc) is 2.82. The summed E-state index contributed by atoms with van der Waals surface area (Å²) in [6.45, 7) is 1.76. The lowest BCUT2D eigenvalue weighted by atomic mass is 9.91. The Kier molecular flexibility index (Phi) is 4.15. The summed E-state index contributed by atoms with van der Waals surface area (Å²) >= 11 is 0. The first-order valence-corrected chi connectivity index (χ1v) is 7.03. The fourth-order valence-corrected chi connectivity index (χ4v) is 3.10. The lowest BCUT2D eigenvalue weighted by Crippen LogP contribution is -2.61. The third-order valence-electron chi connectivity index (χ3n) is 4.00. The van der Waals surface area contributed by atoms with Gasteiger partial charge in [0, 0.05) is 6.54 Å². The first-order valence-electron chi connectivity index (χ1n) is 7.03. The Morgan fingerprint density at radius 1 is 1.29 bits per heavy atom. The number of carbonyl (C=O) groups excluding carboxylic acids is 3. The number of nitrogens with zero attached hydrogens (tertiary/aromatic N) is 2. The van der Waals surface area contributed by atoms with Crippen molar-refractivity contribution < 1.29 is 24.3 Å². The maximum Gasteiger partial charge on any atom is 0.329 e. The van der Waals surface area contributed by atoms with Crippen LogP contribution in [0.1, 0.15) is 32.6 Å². The Labute approximate surface area is 122 Å². The van der Waals surface area contributed by atoms with Crippen molar-refractivity contribution in [2.45, 2.75) is 38.1 Å². The van der Waals surface area contributed by atoms with Gasteiger partial charge in [0.2, 0.25) is 11.8 Å². The molecule has 0 aliphatic carbocycles. The fourth-order valence-electron chi connectivity index (χ4n) is 3.10. The molecule has 2 N–H and O–H groups in total. The second-order valence-corrected chi connectivity index (χ2v) is 5.45. The molecule has 0 spiro atoms.